The summed E-state index contributed by atoms with van der Waals surface area (Å²) >= 11 is 0. The molecule has 0 heterocycles. The van der Waals surface area contributed by atoms with Crippen LogP contribution >= 0.6 is 0 Å². The van der Waals surface area contributed by atoms with E-state index in [1.54, 1.807) is 30.3 Å². The van der Waals surface area contributed by atoms with Crippen LogP contribution in [0, 0.1) is 6.92 Å². The minimum atomic E-state index is -3.66. The topological polar surface area (TPSA) is 179 Å². The molecule has 0 fully saturated rings. The number of rotatable bonds is 19. The van der Waals surface area contributed by atoms with Crippen LogP contribution in [-0.2, 0) is 32.6 Å². The van der Waals surface area contributed by atoms with Gasteiger partial charge >= 0.3 is 5.97 Å². The third-order valence-electron chi connectivity index (χ3n) is 7.12. The van der Waals surface area contributed by atoms with E-state index in [9.17, 15) is 28.5 Å². The van der Waals surface area contributed by atoms with Crippen molar-refractivity contribution < 1.29 is 38.4 Å². The number of sulfonamides is 1. The van der Waals surface area contributed by atoms with Crippen LogP contribution in [0.15, 0.2) is 77.7 Å². The minimum absolute atomic E-state index is 0.0310. The van der Waals surface area contributed by atoms with E-state index in [4.69, 9.17) is 15.0 Å². The molecule has 3 rings (SSSR count). The van der Waals surface area contributed by atoms with Gasteiger partial charge in [0.2, 0.25) is 10.0 Å². The lowest BCUT2D eigenvalue weighted by atomic mass is 10.1. The van der Waals surface area contributed by atoms with Gasteiger partial charge in [-0.1, -0.05) is 60.9 Å². The standard InChI is InChI=1S/C25H38N2O6S.C10H10O2/c26-34(31,32)23-10-7-9-20(16-23)8-3-6-15-33-14-5-2-1-4-13-27-18-25(30)21-11-12-24(29)22(17-21)19-28;1-8-2-4-9(5-3-8)6-7-10(11)12/h7,9-12,16-17,25,27-30H,1-6,8,13-15,18-19H2,(H2,26,31,32);2-7H,1H3,(H,11,12)/t25-;/m0./s1. The second kappa shape index (κ2) is 21.3. The van der Waals surface area contributed by atoms with Crippen molar-refractivity contribution in [1.29, 1.82) is 0 Å². The molecule has 0 aliphatic carbocycles. The molecule has 0 radical (unpaired) electrons. The van der Waals surface area contributed by atoms with Gasteiger partial charge in [0.25, 0.3) is 0 Å². The number of hydrogen-bond donors (Lipinski definition) is 6. The predicted octanol–water partition coefficient (Wildman–Crippen LogP) is 4.85. The summed E-state index contributed by atoms with van der Waals surface area (Å²) in [5.74, 6) is -0.890. The Balaban J connectivity index is 0.000000512. The number of benzene rings is 3. The summed E-state index contributed by atoms with van der Waals surface area (Å²) in [6.07, 6.45) is 8.86. The molecule has 252 valence electrons. The quantitative estimate of drug-likeness (QED) is 0.0777. The highest BCUT2D eigenvalue weighted by molar-refractivity contribution is 7.89. The zero-order valence-corrected chi connectivity index (χ0v) is 27.3. The first-order chi connectivity index (χ1) is 22.0. The summed E-state index contributed by atoms with van der Waals surface area (Å²) in [4.78, 5) is 10.3. The molecule has 7 N–H and O–H groups in total. The summed E-state index contributed by atoms with van der Waals surface area (Å²) in [6, 6.07) is 19.2. The molecule has 0 bridgehead atoms. The Bertz CT molecular complexity index is 1460. The molecule has 0 aromatic heterocycles. The fraction of sp³-hybridized carbons (Fsp3) is 0.400. The Morgan fingerprint density at radius 1 is 0.957 bits per heavy atom. The molecule has 10 nitrogen and oxygen atoms in total. The fourth-order valence-corrected chi connectivity index (χ4v) is 5.05. The highest BCUT2D eigenvalue weighted by Gasteiger charge is 2.10. The average Bonchev–Trinajstić information content (AvgIpc) is 3.03. The number of aliphatic carboxylic acids is 1. The van der Waals surface area contributed by atoms with Gasteiger partial charge in [-0.05, 0) is 92.6 Å². The highest BCUT2D eigenvalue weighted by atomic mass is 32.2. The molecular weight excluding hydrogens is 608 g/mol. The normalized spacial score (nSPS) is 12.1. The number of ether oxygens (including phenoxy) is 1. The van der Waals surface area contributed by atoms with Crippen LogP contribution in [0.4, 0.5) is 0 Å². The van der Waals surface area contributed by atoms with Crippen LogP contribution < -0.4 is 10.5 Å². The van der Waals surface area contributed by atoms with E-state index in [1.165, 1.54) is 17.7 Å². The third-order valence-corrected chi connectivity index (χ3v) is 8.03. The lowest BCUT2D eigenvalue weighted by molar-refractivity contribution is -0.131. The van der Waals surface area contributed by atoms with Crippen molar-refractivity contribution >= 4 is 22.1 Å². The Kier molecular flexibility index (Phi) is 17.8. The molecule has 0 spiro atoms. The first-order valence-corrected chi connectivity index (χ1v) is 17.0. The molecule has 3 aromatic carbocycles. The number of carboxylic acids is 1. The number of phenols is 1. The van der Waals surface area contributed by atoms with E-state index >= 15 is 0 Å². The minimum Gasteiger partial charge on any atom is -0.508 e. The number of carboxylic acid groups (broad SMARTS) is 1. The molecule has 0 aliphatic heterocycles. The third kappa shape index (κ3) is 16.1. The van der Waals surface area contributed by atoms with Crippen LogP contribution in [0.1, 0.15) is 72.4 Å². The molecule has 46 heavy (non-hydrogen) atoms. The van der Waals surface area contributed by atoms with Gasteiger partial charge in [-0.15, -0.1) is 0 Å². The molecule has 0 aliphatic rings. The Morgan fingerprint density at radius 2 is 1.65 bits per heavy atom. The van der Waals surface area contributed by atoms with Crippen molar-refractivity contribution in [1.82, 2.24) is 5.32 Å². The molecular formula is C35H48N2O8S. The van der Waals surface area contributed by atoms with Gasteiger partial charge in [0.1, 0.15) is 5.75 Å². The zero-order chi connectivity index (χ0) is 33.8. The van der Waals surface area contributed by atoms with Crippen molar-refractivity contribution in [3.63, 3.8) is 0 Å². The number of nitrogens with two attached hydrogens (primary N) is 1. The number of aliphatic hydroxyl groups excluding tert-OH is 2. The van der Waals surface area contributed by atoms with Gasteiger partial charge in [0, 0.05) is 31.4 Å². The summed E-state index contributed by atoms with van der Waals surface area (Å²) in [6.45, 7) is 4.40. The lowest BCUT2D eigenvalue weighted by Crippen LogP contribution is -2.22. The number of unbranched alkanes of at least 4 members (excludes halogenated alkanes) is 4. The molecule has 0 amide bonds. The maximum atomic E-state index is 11.4. The summed E-state index contributed by atoms with van der Waals surface area (Å²) in [5.41, 5.74) is 4.12. The van der Waals surface area contributed by atoms with Crippen LogP contribution in [0.2, 0.25) is 0 Å². The van der Waals surface area contributed by atoms with Gasteiger partial charge < -0.3 is 30.5 Å². The maximum Gasteiger partial charge on any atom is 0.328 e. The van der Waals surface area contributed by atoms with E-state index < -0.39 is 22.1 Å². The van der Waals surface area contributed by atoms with Gasteiger partial charge in [-0.3, -0.25) is 0 Å². The molecule has 0 saturated heterocycles. The second-order valence-corrected chi connectivity index (χ2v) is 12.6. The van der Waals surface area contributed by atoms with Crippen molar-refractivity contribution in [2.24, 2.45) is 5.14 Å². The first kappa shape index (κ1) is 38.6. The number of nitrogens with one attached hydrogen (secondary N) is 1. The van der Waals surface area contributed by atoms with Gasteiger partial charge in [-0.2, -0.15) is 0 Å². The van der Waals surface area contributed by atoms with Gasteiger partial charge in [0.15, 0.2) is 0 Å². The summed E-state index contributed by atoms with van der Waals surface area (Å²) in [5, 5.41) is 45.8. The van der Waals surface area contributed by atoms with E-state index in [2.05, 4.69) is 5.32 Å². The van der Waals surface area contributed by atoms with E-state index in [0.29, 0.717) is 24.3 Å². The van der Waals surface area contributed by atoms with Crippen molar-refractivity contribution in [3.8, 4) is 5.75 Å². The number of primary sulfonamides is 1. The van der Waals surface area contributed by atoms with Gasteiger partial charge in [-0.25, -0.2) is 18.4 Å². The molecule has 11 heteroatoms. The smallest absolute Gasteiger partial charge is 0.328 e. The van der Waals surface area contributed by atoms with Crippen molar-refractivity contribution in [2.75, 3.05) is 26.3 Å². The number of hydrogen-bond acceptors (Lipinski definition) is 8. The monoisotopic (exact) mass is 656 g/mol. The SMILES string of the molecule is Cc1ccc(C=CC(=O)O)cc1.NS(=O)(=O)c1cccc(CCCCOCCCCCCNC[C@H](O)c2ccc(O)c(CO)c2)c1. The van der Waals surface area contributed by atoms with E-state index in [-0.39, 0.29) is 17.3 Å². The Hall–Kier alpha value is -3.58. The van der Waals surface area contributed by atoms with Gasteiger partial charge in [0.05, 0.1) is 17.6 Å². The molecule has 1 atom stereocenters. The average molecular weight is 657 g/mol. The molecule has 3 aromatic rings. The Morgan fingerprint density at radius 3 is 2.33 bits per heavy atom. The zero-order valence-electron chi connectivity index (χ0n) is 26.5. The highest BCUT2D eigenvalue weighted by Crippen LogP contribution is 2.22. The lowest BCUT2D eigenvalue weighted by Gasteiger charge is -2.14. The van der Waals surface area contributed by atoms with E-state index in [1.807, 2.05) is 37.3 Å². The Labute approximate surface area is 272 Å². The fourth-order valence-electron chi connectivity index (χ4n) is 4.46. The van der Waals surface area contributed by atoms with Crippen LogP contribution in [0.3, 0.4) is 0 Å². The number of carbonyl (C=O) groups is 1. The van der Waals surface area contributed by atoms with E-state index in [0.717, 1.165) is 75.3 Å². The molecule has 0 saturated carbocycles. The number of aryl methyl sites for hydroxylation is 2. The predicted molar refractivity (Wildman–Crippen MR) is 180 cm³/mol. The number of aromatic hydroxyl groups is 1. The summed E-state index contributed by atoms with van der Waals surface area (Å²) in [7, 11) is -3.66. The first-order valence-electron chi connectivity index (χ1n) is 15.5. The van der Waals surface area contributed by atoms with Crippen LogP contribution in [-0.4, -0.2) is 61.1 Å². The van der Waals surface area contributed by atoms with Crippen LogP contribution in [0.5, 0.6) is 5.75 Å². The largest absolute Gasteiger partial charge is 0.508 e. The molecule has 0 unspecified atom stereocenters. The summed E-state index contributed by atoms with van der Waals surface area (Å²) < 4.78 is 28.5. The van der Waals surface area contributed by atoms with Crippen molar-refractivity contribution in [2.45, 2.75) is 69.5 Å². The van der Waals surface area contributed by atoms with Crippen molar-refractivity contribution in [3.05, 3.63) is 101 Å². The second-order valence-electron chi connectivity index (χ2n) is 11.0. The maximum absolute atomic E-state index is 11.4. The van der Waals surface area contributed by atoms with Crippen LogP contribution in [0.25, 0.3) is 6.08 Å². The number of aliphatic hydroxyl groups is 2.